The Balaban J connectivity index is 1.38. The average Bonchev–Trinajstić information content (AvgIpc) is 3.68. The normalized spacial score (nSPS) is 16.1. The summed E-state index contributed by atoms with van der Waals surface area (Å²) < 4.78 is 36.7. The molecule has 4 amide bonds. The predicted molar refractivity (Wildman–Crippen MR) is 206 cm³/mol. The molecule has 0 radical (unpaired) electrons. The van der Waals surface area contributed by atoms with E-state index in [2.05, 4.69) is 5.32 Å². The van der Waals surface area contributed by atoms with E-state index in [1.807, 2.05) is 55.7 Å². The van der Waals surface area contributed by atoms with E-state index in [0.29, 0.717) is 17.8 Å². The van der Waals surface area contributed by atoms with Gasteiger partial charge >= 0.3 is 5.97 Å². The number of benzene rings is 2. The number of nitrogens with zero attached hydrogens (tertiary/aromatic N) is 3. The summed E-state index contributed by atoms with van der Waals surface area (Å²) in [5, 5.41) is 21.0. The molecule has 1 saturated heterocycles. The van der Waals surface area contributed by atoms with Crippen LogP contribution in [0.3, 0.4) is 0 Å². The lowest BCUT2D eigenvalue weighted by atomic mass is 9.82. The number of likely N-dealkylation sites (tertiary alicyclic amines) is 1. The standard InChI is InChI=1S/C39H50F2N6O8S/c1-39(2,3)35(31-17-25(27-18-26(40)9-10-28(27)41)21-45(31)20-24-7-5-4-6-8-24)46(34(50)22-48)13-11-29(42)36(51)44-12-15-55-16-14-47-33(49)19-32(37(47)52)56-23-30(43)38(53)54/h4-10,17-18,21,29-30,32,35,48H,11-16,19-20,22-23,42-43H2,1-3H3,(H,44,51)(H,53,54)/t29?,30-,32?,35?/m0/s1. The molecule has 3 unspecified atom stereocenters. The summed E-state index contributed by atoms with van der Waals surface area (Å²) in [6, 6.07) is 11.5. The number of thioether (sulfide) groups is 1. The first-order chi connectivity index (χ1) is 26.5. The van der Waals surface area contributed by atoms with Crippen LogP contribution < -0.4 is 16.8 Å². The van der Waals surface area contributed by atoms with Gasteiger partial charge in [-0.2, -0.15) is 0 Å². The van der Waals surface area contributed by atoms with Crippen LogP contribution in [0.5, 0.6) is 0 Å². The van der Waals surface area contributed by atoms with Crippen molar-refractivity contribution in [3.05, 3.63) is 83.7 Å². The van der Waals surface area contributed by atoms with Crippen molar-refractivity contribution < 1.29 is 47.7 Å². The lowest BCUT2D eigenvalue weighted by Gasteiger charge is -2.41. The number of carbonyl (C=O) groups excluding carboxylic acids is 4. The summed E-state index contributed by atoms with van der Waals surface area (Å²) in [5.41, 5.74) is 13.1. The number of nitrogens with two attached hydrogens (primary N) is 2. The van der Waals surface area contributed by atoms with Gasteiger partial charge < -0.3 is 41.2 Å². The number of hydrogen-bond donors (Lipinski definition) is 5. The van der Waals surface area contributed by atoms with Gasteiger partial charge in [0.15, 0.2) is 0 Å². The maximum atomic E-state index is 15.0. The van der Waals surface area contributed by atoms with E-state index in [9.17, 15) is 33.5 Å². The van der Waals surface area contributed by atoms with Crippen molar-refractivity contribution >= 4 is 41.4 Å². The third-order valence-corrected chi connectivity index (χ3v) is 10.6. The molecule has 3 aromatic rings. The van der Waals surface area contributed by atoms with Crippen molar-refractivity contribution in [3.8, 4) is 11.1 Å². The van der Waals surface area contributed by atoms with Gasteiger partial charge in [0.25, 0.3) is 0 Å². The van der Waals surface area contributed by atoms with E-state index in [-0.39, 0.29) is 57.0 Å². The molecule has 0 aliphatic carbocycles. The molecule has 2 aromatic carbocycles. The molecule has 0 spiro atoms. The molecule has 56 heavy (non-hydrogen) atoms. The monoisotopic (exact) mass is 800 g/mol. The second-order valence-corrected chi connectivity index (χ2v) is 15.8. The number of carboxylic acid groups (broad SMARTS) is 1. The molecule has 0 saturated carbocycles. The van der Waals surface area contributed by atoms with Gasteiger partial charge in [-0.25, -0.2) is 8.78 Å². The number of halogens is 2. The van der Waals surface area contributed by atoms with Crippen LogP contribution in [0, 0.1) is 17.0 Å². The summed E-state index contributed by atoms with van der Waals surface area (Å²) in [4.78, 5) is 64.8. The molecular weight excluding hydrogens is 751 g/mol. The topological polar surface area (TPSA) is 211 Å². The molecular formula is C39H50F2N6O8S. The van der Waals surface area contributed by atoms with Crippen molar-refractivity contribution in [1.82, 2.24) is 19.7 Å². The number of ether oxygens (including phenoxy) is 1. The molecule has 4 atom stereocenters. The molecule has 1 aliphatic rings. The Bertz CT molecular complexity index is 1860. The van der Waals surface area contributed by atoms with Crippen molar-refractivity contribution in [2.24, 2.45) is 16.9 Å². The number of aliphatic hydroxyl groups excluding tert-OH is 1. The van der Waals surface area contributed by atoms with Crippen molar-refractivity contribution in [2.45, 2.75) is 63.5 Å². The maximum Gasteiger partial charge on any atom is 0.321 e. The number of carboxylic acids is 1. The van der Waals surface area contributed by atoms with Crippen LogP contribution in [0.25, 0.3) is 11.1 Å². The first kappa shape index (κ1) is 44.0. The molecule has 2 heterocycles. The number of aliphatic carboxylic acids is 1. The van der Waals surface area contributed by atoms with Crippen LogP contribution in [0.1, 0.15) is 50.9 Å². The molecule has 14 nitrogen and oxygen atoms in total. The smallest absolute Gasteiger partial charge is 0.321 e. The maximum absolute atomic E-state index is 15.0. The zero-order chi connectivity index (χ0) is 41.2. The number of hydrogen-bond acceptors (Lipinski definition) is 10. The minimum absolute atomic E-state index is 0.00969. The lowest BCUT2D eigenvalue weighted by Crippen LogP contribution is -2.48. The molecule has 1 aliphatic heterocycles. The first-order valence-electron chi connectivity index (χ1n) is 18.2. The minimum Gasteiger partial charge on any atom is -0.480 e. The molecule has 17 heteroatoms. The summed E-state index contributed by atoms with van der Waals surface area (Å²) in [6.07, 6.45) is 1.67. The van der Waals surface area contributed by atoms with E-state index in [1.54, 1.807) is 12.3 Å². The van der Waals surface area contributed by atoms with Crippen molar-refractivity contribution in [1.29, 1.82) is 0 Å². The Morgan fingerprint density at radius 1 is 1.05 bits per heavy atom. The highest BCUT2D eigenvalue weighted by atomic mass is 32.2. The zero-order valence-electron chi connectivity index (χ0n) is 31.7. The number of imide groups is 1. The number of aliphatic hydroxyl groups is 1. The first-order valence-corrected chi connectivity index (χ1v) is 19.2. The Kier molecular flexibility index (Phi) is 15.7. The van der Waals surface area contributed by atoms with Crippen LogP contribution in [0.2, 0.25) is 0 Å². The average molecular weight is 801 g/mol. The van der Waals surface area contributed by atoms with E-state index >= 15 is 4.39 Å². The molecule has 7 N–H and O–H groups in total. The fourth-order valence-corrected chi connectivity index (χ4v) is 7.57. The fourth-order valence-electron chi connectivity index (χ4n) is 6.45. The Hall–Kier alpha value is -4.68. The van der Waals surface area contributed by atoms with Gasteiger partial charge in [0.2, 0.25) is 23.6 Å². The second kappa shape index (κ2) is 20.0. The highest BCUT2D eigenvalue weighted by Gasteiger charge is 2.39. The summed E-state index contributed by atoms with van der Waals surface area (Å²) in [7, 11) is 0. The SMILES string of the molecule is CC(C)(C)C(c1cc(-c2cc(F)ccc2F)cn1Cc1ccccc1)N(CCC(N)C(=O)NCCOCCN1C(=O)CC(SC[C@H](N)C(=O)O)C1=O)C(=O)CO. The molecule has 4 rings (SSSR count). The largest absolute Gasteiger partial charge is 0.480 e. The van der Waals surface area contributed by atoms with E-state index in [0.717, 1.165) is 40.4 Å². The quantitative estimate of drug-likeness (QED) is 0.0828. The zero-order valence-corrected chi connectivity index (χ0v) is 32.5. The van der Waals surface area contributed by atoms with Gasteiger partial charge in [-0.3, -0.25) is 28.9 Å². The van der Waals surface area contributed by atoms with E-state index in [4.69, 9.17) is 21.3 Å². The Morgan fingerprint density at radius 2 is 1.77 bits per heavy atom. The summed E-state index contributed by atoms with van der Waals surface area (Å²) in [5.74, 6) is -4.39. The van der Waals surface area contributed by atoms with Gasteiger partial charge in [0.05, 0.1) is 37.1 Å². The van der Waals surface area contributed by atoms with Crippen LogP contribution >= 0.6 is 11.8 Å². The minimum atomic E-state index is -1.19. The molecule has 1 aromatic heterocycles. The van der Waals surface area contributed by atoms with Crippen molar-refractivity contribution in [3.63, 3.8) is 0 Å². The predicted octanol–water partition coefficient (Wildman–Crippen LogP) is 2.51. The number of rotatable bonds is 20. The van der Waals surface area contributed by atoms with Gasteiger partial charge in [0, 0.05) is 54.8 Å². The highest BCUT2D eigenvalue weighted by molar-refractivity contribution is 8.00. The van der Waals surface area contributed by atoms with E-state index < -0.39 is 76.6 Å². The third kappa shape index (κ3) is 11.7. The fraction of sp³-hybridized carbons (Fsp3) is 0.462. The number of amides is 4. The molecule has 304 valence electrons. The van der Waals surface area contributed by atoms with Crippen LogP contribution in [0.4, 0.5) is 8.78 Å². The second-order valence-electron chi connectivity index (χ2n) is 14.6. The Labute approximate surface area is 328 Å². The summed E-state index contributed by atoms with van der Waals surface area (Å²) >= 11 is 1.02. The van der Waals surface area contributed by atoms with Gasteiger partial charge in [-0.15, -0.1) is 11.8 Å². The molecule has 0 bridgehead atoms. The van der Waals surface area contributed by atoms with Crippen LogP contribution in [-0.4, -0.2) is 117 Å². The van der Waals surface area contributed by atoms with Gasteiger partial charge in [0.1, 0.15) is 24.3 Å². The Morgan fingerprint density at radius 3 is 2.43 bits per heavy atom. The van der Waals surface area contributed by atoms with Gasteiger partial charge in [-0.1, -0.05) is 51.1 Å². The van der Waals surface area contributed by atoms with Crippen molar-refractivity contribution in [2.75, 3.05) is 45.2 Å². The highest BCUT2D eigenvalue weighted by Crippen LogP contribution is 2.41. The number of carbonyl (C=O) groups is 5. The number of aromatic nitrogens is 1. The van der Waals surface area contributed by atoms with Gasteiger partial charge in [-0.05, 0) is 41.7 Å². The molecule has 1 fully saturated rings. The number of nitrogens with one attached hydrogen (secondary N) is 1. The van der Waals surface area contributed by atoms with Crippen LogP contribution in [0.15, 0.2) is 60.8 Å². The third-order valence-electron chi connectivity index (χ3n) is 9.25. The van der Waals surface area contributed by atoms with E-state index in [1.165, 1.54) is 4.90 Å². The summed E-state index contributed by atoms with van der Waals surface area (Å²) in [6.45, 7) is 5.36. The lowest BCUT2D eigenvalue weighted by molar-refractivity contribution is -0.140. The van der Waals surface area contributed by atoms with Crippen LogP contribution in [-0.2, 0) is 35.3 Å².